The van der Waals surface area contributed by atoms with Gasteiger partial charge in [0.1, 0.15) is 0 Å². The van der Waals surface area contributed by atoms with Crippen molar-refractivity contribution in [2.24, 2.45) is 0 Å². The Morgan fingerprint density at radius 2 is 2.00 bits per heavy atom. The van der Waals surface area contributed by atoms with E-state index in [1.54, 1.807) is 18.4 Å². The van der Waals surface area contributed by atoms with E-state index in [1.165, 1.54) is 30.6 Å². The number of nitrogens with zero attached hydrogens (tertiary/aromatic N) is 2. The van der Waals surface area contributed by atoms with Crippen LogP contribution in [0.3, 0.4) is 0 Å². The van der Waals surface area contributed by atoms with Crippen molar-refractivity contribution in [1.82, 2.24) is 4.98 Å². The zero-order valence-electron chi connectivity index (χ0n) is 10.3. The molecule has 96 valence electrons. The van der Waals surface area contributed by atoms with E-state index in [9.17, 15) is 0 Å². The van der Waals surface area contributed by atoms with E-state index in [0.29, 0.717) is 6.61 Å². The molecule has 0 unspecified atom stereocenters. The summed E-state index contributed by atoms with van der Waals surface area (Å²) in [5.41, 5.74) is 1.06. The van der Waals surface area contributed by atoms with E-state index in [0.717, 1.165) is 29.7 Å². The summed E-state index contributed by atoms with van der Waals surface area (Å²) in [6.07, 6.45) is 5.28. The minimum absolute atomic E-state index is 0.597. The SMILES string of the molecule is COCc1nc(N2CCCCCC2)sc1CS. The fourth-order valence-electron chi connectivity index (χ4n) is 2.14. The van der Waals surface area contributed by atoms with Crippen LogP contribution in [0.2, 0.25) is 0 Å². The highest BCUT2D eigenvalue weighted by Gasteiger charge is 2.16. The van der Waals surface area contributed by atoms with Crippen LogP contribution in [0.5, 0.6) is 0 Å². The van der Waals surface area contributed by atoms with Crippen molar-refractivity contribution in [2.45, 2.75) is 38.0 Å². The summed E-state index contributed by atoms with van der Waals surface area (Å²) in [4.78, 5) is 8.37. The van der Waals surface area contributed by atoms with Gasteiger partial charge in [-0.2, -0.15) is 12.6 Å². The van der Waals surface area contributed by atoms with Crippen molar-refractivity contribution in [3.05, 3.63) is 10.6 Å². The molecular formula is C12H20N2OS2. The minimum Gasteiger partial charge on any atom is -0.378 e. The third-order valence-electron chi connectivity index (χ3n) is 3.07. The molecule has 2 heterocycles. The number of anilines is 1. The zero-order valence-corrected chi connectivity index (χ0v) is 12.0. The van der Waals surface area contributed by atoms with Crippen LogP contribution in [0.4, 0.5) is 5.13 Å². The highest BCUT2D eigenvalue weighted by molar-refractivity contribution is 7.79. The largest absolute Gasteiger partial charge is 0.378 e. The first-order valence-corrected chi connectivity index (χ1v) is 7.63. The number of ether oxygens (including phenoxy) is 1. The predicted octanol–water partition coefficient (Wildman–Crippen LogP) is 3.10. The second-order valence-corrected chi connectivity index (χ2v) is 5.74. The van der Waals surface area contributed by atoms with Gasteiger partial charge in [-0.25, -0.2) is 4.98 Å². The molecule has 0 radical (unpaired) electrons. The second-order valence-electron chi connectivity index (χ2n) is 4.36. The van der Waals surface area contributed by atoms with Gasteiger partial charge >= 0.3 is 0 Å². The molecule has 0 N–H and O–H groups in total. The molecule has 0 spiro atoms. The van der Waals surface area contributed by atoms with E-state index in [2.05, 4.69) is 17.5 Å². The topological polar surface area (TPSA) is 25.4 Å². The van der Waals surface area contributed by atoms with Crippen LogP contribution >= 0.6 is 24.0 Å². The van der Waals surface area contributed by atoms with Crippen molar-refractivity contribution in [2.75, 3.05) is 25.1 Å². The van der Waals surface area contributed by atoms with Gasteiger partial charge in [0.15, 0.2) is 5.13 Å². The highest BCUT2D eigenvalue weighted by Crippen LogP contribution is 2.29. The standard InChI is InChI=1S/C12H20N2OS2/c1-15-8-10-11(9-16)17-12(13-10)14-6-4-2-3-5-7-14/h16H,2-9H2,1H3. The Morgan fingerprint density at radius 1 is 1.29 bits per heavy atom. The molecule has 0 bridgehead atoms. The van der Waals surface area contributed by atoms with E-state index in [-0.39, 0.29) is 0 Å². The average molecular weight is 272 g/mol. The number of aromatic nitrogens is 1. The molecule has 0 amide bonds. The second kappa shape index (κ2) is 6.61. The lowest BCUT2D eigenvalue weighted by atomic mass is 10.2. The van der Waals surface area contributed by atoms with Gasteiger partial charge in [0.05, 0.1) is 12.3 Å². The van der Waals surface area contributed by atoms with Gasteiger partial charge < -0.3 is 9.64 Å². The number of rotatable bonds is 4. The number of thiazole rings is 1. The Balaban J connectivity index is 2.13. The fraction of sp³-hybridized carbons (Fsp3) is 0.750. The van der Waals surface area contributed by atoms with Crippen LogP contribution in [-0.4, -0.2) is 25.2 Å². The number of hydrogen-bond donors (Lipinski definition) is 1. The number of hydrogen-bond acceptors (Lipinski definition) is 5. The molecule has 1 aliphatic rings. The Labute approximate surface area is 113 Å². The van der Waals surface area contributed by atoms with Gasteiger partial charge in [-0.1, -0.05) is 12.8 Å². The molecule has 0 aliphatic carbocycles. The summed E-state index contributed by atoms with van der Waals surface area (Å²) in [5, 5.41) is 1.16. The quantitative estimate of drug-likeness (QED) is 0.853. The third kappa shape index (κ3) is 3.36. The molecule has 3 nitrogen and oxygen atoms in total. The molecule has 0 aromatic carbocycles. The summed E-state index contributed by atoms with van der Waals surface area (Å²) in [6, 6.07) is 0. The molecule has 1 aromatic rings. The van der Waals surface area contributed by atoms with E-state index in [1.807, 2.05) is 0 Å². The van der Waals surface area contributed by atoms with Gasteiger partial charge in [-0.05, 0) is 12.8 Å². The highest BCUT2D eigenvalue weighted by atomic mass is 32.1. The van der Waals surface area contributed by atoms with Crippen LogP contribution in [0.15, 0.2) is 0 Å². The smallest absolute Gasteiger partial charge is 0.185 e. The molecular weight excluding hydrogens is 252 g/mol. The molecule has 1 fully saturated rings. The maximum atomic E-state index is 5.19. The molecule has 2 rings (SSSR count). The van der Waals surface area contributed by atoms with Gasteiger partial charge in [0, 0.05) is 30.8 Å². The monoisotopic (exact) mass is 272 g/mol. The summed E-state index contributed by atoms with van der Waals surface area (Å²) < 4.78 is 5.19. The van der Waals surface area contributed by atoms with E-state index in [4.69, 9.17) is 9.72 Å². The third-order valence-corrected chi connectivity index (χ3v) is 4.76. The number of thiol groups is 1. The maximum Gasteiger partial charge on any atom is 0.185 e. The lowest BCUT2D eigenvalue weighted by Gasteiger charge is -2.18. The summed E-state index contributed by atoms with van der Waals surface area (Å²) >= 11 is 6.14. The molecule has 0 atom stereocenters. The Hall–Kier alpha value is -0.260. The van der Waals surface area contributed by atoms with Crippen LogP contribution in [-0.2, 0) is 17.1 Å². The molecule has 5 heteroatoms. The molecule has 1 aliphatic heterocycles. The first-order valence-electron chi connectivity index (χ1n) is 6.18. The first-order chi connectivity index (χ1) is 8.35. The van der Waals surface area contributed by atoms with Gasteiger partial charge in [0.2, 0.25) is 0 Å². The predicted molar refractivity (Wildman–Crippen MR) is 76.2 cm³/mol. The van der Waals surface area contributed by atoms with Crippen LogP contribution in [0, 0.1) is 0 Å². The van der Waals surface area contributed by atoms with E-state index < -0.39 is 0 Å². The Kier molecular flexibility index (Phi) is 5.13. The number of methoxy groups -OCH3 is 1. The van der Waals surface area contributed by atoms with Crippen molar-refractivity contribution in [1.29, 1.82) is 0 Å². The molecule has 0 saturated carbocycles. The first kappa shape index (κ1) is 13.2. The van der Waals surface area contributed by atoms with Crippen molar-refractivity contribution >= 4 is 29.1 Å². The molecule has 1 saturated heterocycles. The summed E-state index contributed by atoms with van der Waals surface area (Å²) in [7, 11) is 1.72. The zero-order chi connectivity index (χ0) is 12.1. The van der Waals surface area contributed by atoms with Crippen LogP contribution in [0.1, 0.15) is 36.3 Å². The van der Waals surface area contributed by atoms with Gasteiger partial charge in [-0.3, -0.25) is 0 Å². The molecule has 1 aromatic heterocycles. The Morgan fingerprint density at radius 3 is 2.59 bits per heavy atom. The van der Waals surface area contributed by atoms with E-state index >= 15 is 0 Å². The summed E-state index contributed by atoms with van der Waals surface area (Å²) in [6.45, 7) is 2.89. The van der Waals surface area contributed by atoms with Gasteiger partial charge in [0.25, 0.3) is 0 Å². The van der Waals surface area contributed by atoms with Crippen molar-refractivity contribution < 1.29 is 4.74 Å². The molecule has 17 heavy (non-hydrogen) atoms. The normalized spacial score (nSPS) is 17.2. The lowest BCUT2D eigenvalue weighted by Crippen LogP contribution is -2.23. The average Bonchev–Trinajstić information content (AvgIpc) is 2.58. The van der Waals surface area contributed by atoms with Crippen molar-refractivity contribution in [3.8, 4) is 0 Å². The lowest BCUT2D eigenvalue weighted by molar-refractivity contribution is 0.181. The maximum absolute atomic E-state index is 5.19. The Bertz CT molecular complexity index is 346. The van der Waals surface area contributed by atoms with Crippen LogP contribution in [0.25, 0.3) is 0 Å². The fourth-order valence-corrected chi connectivity index (χ4v) is 3.49. The van der Waals surface area contributed by atoms with Crippen LogP contribution < -0.4 is 4.90 Å². The van der Waals surface area contributed by atoms with Gasteiger partial charge in [-0.15, -0.1) is 11.3 Å². The minimum atomic E-state index is 0.597. The summed E-state index contributed by atoms with van der Waals surface area (Å²) in [5.74, 6) is 0.754. The van der Waals surface area contributed by atoms with Crippen molar-refractivity contribution in [3.63, 3.8) is 0 Å².